The molecule has 0 spiro atoms. The van der Waals surface area contributed by atoms with Crippen molar-refractivity contribution in [2.24, 2.45) is 0 Å². The average Bonchev–Trinajstić information content (AvgIpc) is 3.09. The maximum absolute atomic E-state index is 12.6. The number of hydrogen-bond donors (Lipinski definition) is 0. The summed E-state index contributed by atoms with van der Waals surface area (Å²) in [7, 11) is 0. The molecule has 6 nitrogen and oxygen atoms in total. The number of rotatable bonds is 4. The molecule has 0 bridgehead atoms. The molecule has 2 fully saturated rings. The van der Waals surface area contributed by atoms with E-state index in [9.17, 15) is 4.79 Å². The van der Waals surface area contributed by atoms with Crippen LogP contribution in [0.5, 0.6) is 0 Å². The third-order valence-corrected chi connectivity index (χ3v) is 4.98. The number of fused-ring (bicyclic) bond motifs is 1. The first-order chi connectivity index (χ1) is 12.3. The topological polar surface area (TPSA) is 58.6 Å². The number of piperazine rings is 1. The molecule has 0 aromatic carbocycles. The van der Waals surface area contributed by atoms with Crippen LogP contribution in [-0.2, 0) is 11.3 Å². The van der Waals surface area contributed by atoms with E-state index in [-0.39, 0.29) is 12.0 Å². The van der Waals surface area contributed by atoms with Gasteiger partial charge in [0, 0.05) is 57.0 Å². The molecule has 6 heteroatoms. The molecule has 2 aliphatic rings. The summed E-state index contributed by atoms with van der Waals surface area (Å²) in [6.07, 6.45) is 8.14. The van der Waals surface area contributed by atoms with E-state index in [4.69, 9.17) is 4.74 Å². The lowest BCUT2D eigenvalue weighted by Crippen LogP contribution is -2.52. The maximum atomic E-state index is 12.6. The molecular weight excluding hydrogens is 316 g/mol. The van der Waals surface area contributed by atoms with Gasteiger partial charge in [-0.1, -0.05) is 6.07 Å². The first-order valence-electron chi connectivity index (χ1n) is 8.73. The van der Waals surface area contributed by atoms with Crippen molar-refractivity contribution in [1.29, 1.82) is 0 Å². The van der Waals surface area contributed by atoms with E-state index in [1.54, 1.807) is 24.7 Å². The molecule has 0 aliphatic carbocycles. The summed E-state index contributed by atoms with van der Waals surface area (Å²) in [5, 5.41) is 0. The SMILES string of the molecule is O=C(c1cccnc1)N1CCN2C[C@H](OCc3cccnc3)C[C@H]2C1. The Bertz CT molecular complexity index is 710. The fourth-order valence-corrected chi connectivity index (χ4v) is 3.67. The molecule has 2 aliphatic heterocycles. The van der Waals surface area contributed by atoms with E-state index in [1.165, 1.54) is 0 Å². The van der Waals surface area contributed by atoms with Crippen LogP contribution in [0.25, 0.3) is 0 Å². The van der Waals surface area contributed by atoms with Crippen LogP contribution in [0.15, 0.2) is 49.1 Å². The average molecular weight is 338 g/mol. The molecule has 0 N–H and O–H groups in total. The first-order valence-corrected chi connectivity index (χ1v) is 8.73. The van der Waals surface area contributed by atoms with Gasteiger partial charge in [0.05, 0.1) is 18.3 Å². The lowest BCUT2D eigenvalue weighted by atomic mass is 10.1. The second-order valence-electron chi connectivity index (χ2n) is 6.67. The van der Waals surface area contributed by atoms with Gasteiger partial charge in [0.2, 0.25) is 0 Å². The Morgan fingerprint density at radius 1 is 1.12 bits per heavy atom. The van der Waals surface area contributed by atoms with Crippen molar-refractivity contribution in [2.45, 2.75) is 25.2 Å². The number of nitrogens with zero attached hydrogens (tertiary/aromatic N) is 4. The Balaban J connectivity index is 1.32. The molecule has 130 valence electrons. The van der Waals surface area contributed by atoms with Crippen molar-refractivity contribution in [2.75, 3.05) is 26.2 Å². The van der Waals surface area contributed by atoms with E-state index in [1.807, 2.05) is 29.3 Å². The lowest BCUT2D eigenvalue weighted by Gasteiger charge is -2.37. The number of ether oxygens (including phenoxy) is 1. The normalized spacial score (nSPS) is 23.4. The summed E-state index contributed by atoms with van der Waals surface area (Å²) in [6, 6.07) is 7.98. The van der Waals surface area contributed by atoms with Gasteiger partial charge in [-0.2, -0.15) is 0 Å². The minimum atomic E-state index is 0.0764. The highest BCUT2D eigenvalue weighted by Crippen LogP contribution is 2.25. The van der Waals surface area contributed by atoms with Crippen molar-refractivity contribution in [3.63, 3.8) is 0 Å². The zero-order chi connectivity index (χ0) is 17.1. The Labute approximate surface area is 147 Å². The van der Waals surface area contributed by atoms with Crippen LogP contribution in [0, 0.1) is 0 Å². The van der Waals surface area contributed by atoms with Crippen LogP contribution < -0.4 is 0 Å². The zero-order valence-electron chi connectivity index (χ0n) is 14.1. The Kier molecular flexibility index (Phi) is 4.72. The molecule has 1 amide bonds. The van der Waals surface area contributed by atoms with Gasteiger partial charge in [0.25, 0.3) is 5.91 Å². The van der Waals surface area contributed by atoms with Crippen molar-refractivity contribution in [1.82, 2.24) is 19.8 Å². The molecule has 2 aromatic rings. The maximum Gasteiger partial charge on any atom is 0.255 e. The molecule has 4 rings (SSSR count). The second kappa shape index (κ2) is 7.29. The van der Waals surface area contributed by atoms with Gasteiger partial charge in [-0.05, 0) is 30.2 Å². The largest absolute Gasteiger partial charge is 0.372 e. The predicted octanol–water partition coefficient (Wildman–Crippen LogP) is 1.59. The van der Waals surface area contributed by atoms with Crippen molar-refractivity contribution in [3.8, 4) is 0 Å². The number of pyridine rings is 2. The number of amides is 1. The summed E-state index contributed by atoms with van der Waals surface area (Å²) in [5.74, 6) is 0.0764. The quantitative estimate of drug-likeness (QED) is 0.847. The molecular formula is C19H22N4O2. The van der Waals surface area contributed by atoms with Crippen LogP contribution in [0.2, 0.25) is 0 Å². The molecule has 2 saturated heterocycles. The Hall–Kier alpha value is -2.31. The van der Waals surface area contributed by atoms with E-state index in [0.29, 0.717) is 18.2 Å². The fourth-order valence-electron chi connectivity index (χ4n) is 3.67. The summed E-state index contributed by atoms with van der Waals surface area (Å²) >= 11 is 0. The smallest absolute Gasteiger partial charge is 0.255 e. The van der Waals surface area contributed by atoms with Crippen LogP contribution in [-0.4, -0.2) is 64.0 Å². The summed E-state index contributed by atoms with van der Waals surface area (Å²) in [5.41, 5.74) is 1.76. The van der Waals surface area contributed by atoms with Gasteiger partial charge in [0.15, 0.2) is 0 Å². The molecule has 25 heavy (non-hydrogen) atoms. The molecule has 2 aromatic heterocycles. The molecule has 0 saturated carbocycles. The van der Waals surface area contributed by atoms with Gasteiger partial charge in [0.1, 0.15) is 0 Å². The summed E-state index contributed by atoms with van der Waals surface area (Å²) in [4.78, 5) is 25.2. The number of aromatic nitrogens is 2. The predicted molar refractivity (Wildman–Crippen MR) is 92.9 cm³/mol. The van der Waals surface area contributed by atoms with Crippen LogP contribution in [0.3, 0.4) is 0 Å². The molecule has 0 unspecified atom stereocenters. The highest BCUT2D eigenvalue weighted by atomic mass is 16.5. The third kappa shape index (κ3) is 3.70. The fraction of sp³-hybridized carbons (Fsp3) is 0.421. The van der Waals surface area contributed by atoms with E-state index in [2.05, 4.69) is 14.9 Å². The van der Waals surface area contributed by atoms with Gasteiger partial charge >= 0.3 is 0 Å². The van der Waals surface area contributed by atoms with Crippen LogP contribution in [0.4, 0.5) is 0 Å². The van der Waals surface area contributed by atoms with E-state index < -0.39 is 0 Å². The highest BCUT2D eigenvalue weighted by molar-refractivity contribution is 5.94. The van der Waals surface area contributed by atoms with Crippen molar-refractivity contribution >= 4 is 5.91 Å². The van der Waals surface area contributed by atoms with Crippen molar-refractivity contribution < 1.29 is 9.53 Å². The standard InChI is InChI=1S/C19H22N4O2/c24-19(16-4-2-6-21-11-16)23-8-7-22-13-18(9-17(22)12-23)25-14-15-3-1-5-20-10-15/h1-6,10-11,17-18H,7-9,12-14H2/t17-,18+/m0/s1. The Morgan fingerprint density at radius 2 is 1.96 bits per heavy atom. The molecule has 0 radical (unpaired) electrons. The Morgan fingerprint density at radius 3 is 2.72 bits per heavy atom. The number of carbonyl (C=O) groups is 1. The minimum absolute atomic E-state index is 0.0764. The summed E-state index contributed by atoms with van der Waals surface area (Å²) < 4.78 is 6.07. The van der Waals surface area contributed by atoms with Gasteiger partial charge in [-0.3, -0.25) is 19.7 Å². The minimum Gasteiger partial charge on any atom is -0.372 e. The number of hydrogen-bond acceptors (Lipinski definition) is 5. The molecule has 2 atom stereocenters. The molecule has 4 heterocycles. The monoisotopic (exact) mass is 338 g/mol. The van der Waals surface area contributed by atoms with Gasteiger partial charge in [-0.15, -0.1) is 0 Å². The van der Waals surface area contributed by atoms with Crippen molar-refractivity contribution in [3.05, 3.63) is 60.2 Å². The zero-order valence-corrected chi connectivity index (χ0v) is 14.1. The third-order valence-electron chi connectivity index (χ3n) is 4.98. The highest BCUT2D eigenvalue weighted by Gasteiger charge is 2.38. The first kappa shape index (κ1) is 16.2. The van der Waals surface area contributed by atoms with Gasteiger partial charge < -0.3 is 9.64 Å². The summed E-state index contributed by atoms with van der Waals surface area (Å²) in [6.45, 7) is 3.97. The van der Waals surface area contributed by atoms with Gasteiger partial charge in [-0.25, -0.2) is 0 Å². The van der Waals surface area contributed by atoms with Crippen LogP contribution in [0.1, 0.15) is 22.3 Å². The second-order valence-corrected chi connectivity index (χ2v) is 6.67. The van der Waals surface area contributed by atoms with E-state index >= 15 is 0 Å². The lowest BCUT2D eigenvalue weighted by molar-refractivity contribution is 0.0450. The van der Waals surface area contributed by atoms with E-state index in [0.717, 1.165) is 38.2 Å². The number of carbonyl (C=O) groups excluding carboxylic acids is 1. The van der Waals surface area contributed by atoms with Crippen LogP contribution >= 0.6 is 0 Å².